The SMILES string of the molecule is N#Cc1cccc(CNc2nc(NN)ccc2[N+](=O)[O-])c1. The van der Waals surface area contributed by atoms with E-state index in [4.69, 9.17) is 11.1 Å². The third-order valence-electron chi connectivity index (χ3n) is 2.73. The van der Waals surface area contributed by atoms with E-state index in [1.807, 2.05) is 12.1 Å². The zero-order valence-corrected chi connectivity index (χ0v) is 10.9. The van der Waals surface area contributed by atoms with Gasteiger partial charge in [-0.15, -0.1) is 0 Å². The largest absolute Gasteiger partial charge is 0.360 e. The van der Waals surface area contributed by atoms with E-state index in [0.717, 1.165) is 5.56 Å². The van der Waals surface area contributed by atoms with Crippen molar-refractivity contribution >= 4 is 17.3 Å². The van der Waals surface area contributed by atoms with Crippen molar-refractivity contribution in [3.63, 3.8) is 0 Å². The number of rotatable bonds is 5. The van der Waals surface area contributed by atoms with Crippen LogP contribution in [0.25, 0.3) is 0 Å². The average Bonchev–Trinajstić information content (AvgIpc) is 2.52. The maximum absolute atomic E-state index is 11.0. The first kappa shape index (κ1) is 14.2. The molecule has 0 aliphatic rings. The van der Waals surface area contributed by atoms with Crippen LogP contribution in [0.1, 0.15) is 11.1 Å². The number of pyridine rings is 1. The molecule has 8 heteroatoms. The molecule has 8 nitrogen and oxygen atoms in total. The summed E-state index contributed by atoms with van der Waals surface area (Å²) in [5.41, 5.74) is 3.52. The minimum Gasteiger partial charge on any atom is -0.360 e. The maximum atomic E-state index is 11.0. The molecule has 0 amide bonds. The number of aromatic nitrogens is 1. The lowest BCUT2D eigenvalue weighted by atomic mass is 10.1. The Kier molecular flexibility index (Phi) is 4.28. The predicted octanol–water partition coefficient (Wildman–Crippen LogP) is 1.76. The van der Waals surface area contributed by atoms with Crippen molar-refractivity contribution in [1.29, 1.82) is 5.26 Å². The molecule has 0 saturated heterocycles. The third-order valence-corrected chi connectivity index (χ3v) is 2.73. The van der Waals surface area contributed by atoms with Gasteiger partial charge < -0.3 is 10.7 Å². The van der Waals surface area contributed by atoms with Gasteiger partial charge in [-0.1, -0.05) is 12.1 Å². The molecular weight excluding hydrogens is 272 g/mol. The number of anilines is 2. The molecule has 2 rings (SSSR count). The maximum Gasteiger partial charge on any atom is 0.311 e. The van der Waals surface area contributed by atoms with Crippen molar-refractivity contribution in [3.05, 3.63) is 57.6 Å². The summed E-state index contributed by atoms with van der Waals surface area (Å²) in [5.74, 6) is 5.67. The Balaban J connectivity index is 2.22. The number of hydrazine groups is 1. The molecule has 1 aromatic heterocycles. The second-order valence-corrected chi connectivity index (χ2v) is 4.13. The molecule has 0 bridgehead atoms. The van der Waals surface area contributed by atoms with Crippen molar-refractivity contribution in [1.82, 2.24) is 4.98 Å². The van der Waals surface area contributed by atoms with Gasteiger partial charge in [-0.3, -0.25) is 10.1 Å². The zero-order valence-electron chi connectivity index (χ0n) is 10.9. The lowest BCUT2D eigenvalue weighted by molar-refractivity contribution is -0.384. The van der Waals surface area contributed by atoms with Gasteiger partial charge >= 0.3 is 5.69 Å². The summed E-state index contributed by atoms with van der Waals surface area (Å²) >= 11 is 0. The van der Waals surface area contributed by atoms with Gasteiger partial charge in [-0.05, 0) is 23.8 Å². The van der Waals surface area contributed by atoms with Gasteiger partial charge in [0.1, 0.15) is 5.82 Å². The van der Waals surface area contributed by atoms with E-state index in [-0.39, 0.29) is 11.5 Å². The monoisotopic (exact) mass is 284 g/mol. The quantitative estimate of drug-likeness (QED) is 0.433. The Morgan fingerprint density at radius 1 is 1.38 bits per heavy atom. The number of nitrogen functional groups attached to an aromatic ring is 1. The fourth-order valence-electron chi connectivity index (χ4n) is 1.75. The normalized spacial score (nSPS) is 9.71. The third kappa shape index (κ3) is 3.43. The number of nitro groups is 1. The van der Waals surface area contributed by atoms with Crippen molar-refractivity contribution in [2.75, 3.05) is 10.7 Å². The second-order valence-electron chi connectivity index (χ2n) is 4.13. The summed E-state index contributed by atoms with van der Waals surface area (Å²) in [5, 5.41) is 22.7. The molecule has 106 valence electrons. The van der Waals surface area contributed by atoms with E-state index < -0.39 is 4.92 Å². The van der Waals surface area contributed by atoms with Gasteiger partial charge in [0.2, 0.25) is 5.82 Å². The highest BCUT2D eigenvalue weighted by Crippen LogP contribution is 2.24. The standard InChI is InChI=1S/C13H12N6O2/c14-7-9-2-1-3-10(6-9)8-16-13-11(19(20)21)4-5-12(17-13)18-15/h1-6H,8,15H2,(H2,16,17,18). The Morgan fingerprint density at radius 2 is 2.19 bits per heavy atom. The number of benzene rings is 1. The summed E-state index contributed by atoms with van der Waals surface area (Å²) < 4.78 is 0. The molecule has 0 atom stereocenters. The van der Waals surface area contributed by atoms with Crippen LogP contribution in [0.4, 0.5) is 17.3 Å². The molecule has 4 N–H and O–H groups in total. The fourth-order valence-corrected chi connectivity index (χ4v) is 1.75. The van der Waals surface area contributed by atoms with Crippen molar-refractivity contribution in [2.45, 2.75) is 6.54 Å². The van der Waals surface area contributed by atoms with Crippen LogP contribution in [0.15, 0.2) is 36.4 Å². The molecule has 0 unspecified atom stereocenters. The minimum absolute atomic E-state index is 0.109. The summed E-state index contributed by atoms with van der Waals surface area (Å²) in [6.07, 6.45) is 0. The first-order valence-electron chi connectivity index (χ1n) is 5.99. The molecule has 1 aromatic carbocycles. The van der Waals surface area contributed by atoms with E-state index in [2.05, 4.69) is 15.7 Å². The summed E-state index contributed by atoms with van der Waals surface area (Å²) in [6, 6.07) is 11.7. The smallest absolute Gasteiger partial charge is 0.311 e. The highest BCUT2D eigenvalue weighted by molar-refractivity contribution is 5.60. The lowest BCUT2D eigenvalue weighted by Gasteiger charge is -2.08. The molecule has 0 fully saturated rings. The Labute approximate surface area is 120 Å². The zero-order chi connectivity index (χ0) is 15.2. The number of nitrogens with one attached hydrogen (secondary N) is 2. The van der Waals surface area contributed by atoms with Crippen LogP contribution in [0.5, 0.6) is 0 Å². The number of hydrogen-bond acceptors (Lipinski definition) is 7. The molecule has 0 aliphatic heterocycles. The van der Waals surface area contributed by atoms with Crippen LogP contribution in [-0.2, 0) is 6.54 Å². The predicted molar refractivity (Wildman–Crippen MR) is 77.2 cm³/mol. The fraction of sp³-hybridized carbons (Fsp3) is 0.0769. The van der Waals surface area contributed by atoms with Crippen LogP contribution in [0.2, 0.25) is 0 Å². The first-order valence-corrected chi connectivity index (χ1v) is 5.99. The highest BCUT2D eigenvalue weighted by atomic mass is 16.6. The number of hydrogen-bond donors (Lipinski definition) is 3. The Bertz CT molecular complexity index is 710. The van der Waals surface area contributed by atoms with Crippen molar-refractivity contribution < 1.29 is 4.92 Å². The van der Waals surface area contributed by atoms with E-state index >= 15 is 0 Å². The van der Waals surface area contributed by atoms with E-state index in [0.29, 0.717) is 17.9 Å². The minimum atomic E-state index is -0.526. The lowest BCUT2D eigenvalue weighted by Crippen LogP contribution is -2.11. The van der Waals surface area contributed by atoms with Gasteiger partial charge in [0.05, 0.1) is 16.6 Å². The van der Waals surface area contributed by atoms with Crippen LogP contribution < -0.4 is 16.6 Å². The summed E-state index contributed by atoms with van der Waals surface area (Å²) in [4.78, 5) is 14.5. The average molecular weight is 284 g/mol. The van der Waals surface area contributed by atoms with Gasteiger partial charge in [-0.25, -0.2) is 10.8 Å². The van der Waals surface area contributed by atoms with E-state index in [9.17, 15) is 10.1 Å². The molecule has 1 heterocycles. The van der Waals surface area contributed by atoms with Crippen molar-refractivity contribution in [2.24, 2.45) is 5.84 Å². The molecular formula is C13H12N6O2. The molecule has 2 aromatic rings. The van der Waals surface area contributed by atoms with Crippen LogP contribution in [-0.4, -0.2) is 9.91 Å². The summed E-state index contributed by atoms with van der Waals surface area (Å²) in [7, 11) is 0. The van der Waals surface area contributed by atoms with Gasteiger partial charge in [0.15, 0.2) is 0 Å². The topological polar surface area (TPSA) is 130 Å². The van der Waals surface area contributed by atoms with Crippen LogP contribution in [0, 0.1) is 21.4 Å². The number of nitriles is 1. The Morgan fingerprint density at radius 3 is 2.86 bits per heavy atom. The molecule has 21 heavy (non-hydrogen) atoms. The van der Waals surface area contributed by atoms with Gasteiger partial charge in [0, 0.05) is 12.6 Å². The van der Waals surface area contributed by atoms with Crippen LogP contribution >= 0.6 is 0 Å². The van der Waals surface area contributed by atoms with Crippen molar-refractivity contribution in [3.8, 4) is 6.07 Å². The molecule has 0 radical (unpaired) electrons. The number of nitrogens with two attached hydrogens (primary N) is 1. The summed E-state index contributed by atoms with van der Waals surface area (Å²) in [6.45, 7) is 0.303. The molecule has 0 spiro atoms. The highest BCUT2D eigenvalue weighted by Gasteiger charge is 2.15. The van der Waals surface area contributed by atoms with Crippen LogP contribution in [0.3, 0.4) is 0 Å². The number of nitrogens with zero attached hydrogens (tertiary/aromatic N) is 3. The Hall–Kier alpha value is -3.18. The molecule has 0 saturated carbocycles. The van der Waals surface area contributed by atoms with Gasteiger partial charge in [-0.2, -0.15) is 5.26 Å². The van der Waals surface area contributed by atoms with E-state index in [1.54, 1.807) is 18.2 Å². The van der Waals surface area contributed by atoms with Gasteiger partial charge in [0.25, 0.3) is 0 Å². The van der Waals surface area contributed by atoms with E-state index in [1.165, 1.54) is 12.1 Å². The molecule has 0 aliphatic carbocycles. The first-order chi connectivity index (χ1) is 10.1. The second kappa shape index (κ2) is 6.31.